The van der Waals surface area contributed by atoms with E-state index in [9.17, 15) is 0 Å². The minimum atomic E-state index is 0.543. The molecule has 7 nitrogen and oxygen atoms in total. The highest BCUT2D eigenvalue weighted by Crippen LogP contribution is 2.15. The number of guanidine groups is 1. The molecule has 2 N–H and O–H groups in total. The van der Waals surface area contributed by atoms with Crippen LogP contribution in [0.25, 0.3) is 0 Å². The third kappa shape index (κ3) is 7.48. The van der Waals surface area contributed by atoms with Crippen LogP contribution in [-0.4, -0.2) is 85.7 Å². The molecule has 7 heteroatoms. The standard InChI is InChI=1S/C22H41N7/c1-7-27-12-14-28(15-13-27)21-16-20(8-9-24-21)17-26-22(23-6)25-10-11-29(18(2)3)19(4)5/h8-9,16,18-19H,7,10-15,17H2,1-6H3,(H2,23,25,26). The summed E-state index contributed by atoms with van der Waals surface area (Å²) in [4.78, 5) is 16.3. The van der Waals surface area contributed by atoms with Gasteiger partial charge in [0, 0.05) is 71.1 Å². The summed E-state index contributed by atoms with van der Waals surface area (Å²) in [5.74, 6) is 1.92. The van der Waals surface area contributed by atoms with E-state index < -0.39 is 0 Å². The van der Waals surface area contributed by atoms with Gasteiger partial charge in [0.15, 0.2) is 5.96 Å². The molecule has 0 amide bonds. The zero-order valence-corrected chi connectivity index (χ0v) is 19.3. The van der Waals surface area contributed by atoms with Crippen LogP contribution in [0.3, 0.4) is 0 Å². The van der Waals surface area contributed by atoms with E-state index in [0.29, 0.717) is 12.1 Å². The lowest BCUT2D eigenvalue weighted by molar-refractivity contribution is 0.178. The first-order valence-corrected chi connectivity index (χ1v) is 11.1. The third-order valence-corrected chi connectivity index (χ3v) is 5.63. The van der Waals surface area contributed by atoms with E-state index in [4.69, 9.17) is 0 Å². The fraction of sp³-hybridized carbons (Fsp3) is 0.727. The first kappa shape index (κ1) is 23.4. The zero-order valence-electron chi connectivity index (χ0n) is 19.3. The number of aliphatic imine (C=N–C) groups is 1. The fourth-order valence-corrected chi connectivity index (χ4v) is 3.86. The lowest BCUT2D eigenvalue weighted by atomic mass is 10.2. The first-order chi connectivity index (χ1) is 13.9. The Kier molecular flexibility index (Phi) is 9.67. The summed E-state index contributed by atoms with van der Waals surface area (Å²) in [5, 5.41) is 6.86. The zero-order chi connectivity index (χ0) is 21.2. The van der Waals surface area contributed by atoms with E-state index in [0.717, 1.165) is 64.1 Å². The van der Waals surface area contributed by atoms with E-state index in [1.165, 1.54) is 5.56 Å². The van der Waals surface area contributed by atoms with Crippen LogP contribution in [0.2, 0.25) is 0 Å². The summed E-state index contributed by atoms with van der Waals surface area (Å²) in [6.45, 7) is 19.3. The Labute approximate surface area is 177 Å². The first-order valence-electron chi connectivity index (χ1n) is 11.1. The van der Waals surface area contributed by atoms with Crippen LogP contribution in [-0.2, 0) is 6.54 Å². The summed E-state index contributed by atoms with van der Waals surface area (Å²) in [6.07, 6.45) is 1.91. The van der Waals surface area contributed by atoms with Crippen molar-refractivity contribution in [2.75, 3.05) is 57.8 Å². The number of pyridine rings is 1. The maximum atomic E-state index is 4.59. The maximum Gasteiger partial charge on any atom is 0.191 e. The molecule has 2 rings (SSSR count). The second-order valence-corrected chi connectivity index (χ2v) is 8.22. The Morgan fingerprint density at radius 3 is 2.41 bits per heavy atom. The van der Waals surface area contributed by atoms with Crippen LogP contribution in [0.5, 0.6) is 0 Å². The number of likely N-dealkylation sites (N-methyl/N-ethyl adjacent to an activating group) is 1. The van der Waals surface area contributed by atoms with E-state index in [1.807, 2.05) is 13.2 Å². The summed E-state index contributed by atoms with van der Waals surface area (Å²) in [7, 11) is 1.82. The van der Waals surface area contributed by atoms with Gasteiger partial charge in [-0.3, -0.25) is 9.89 Å². The van der Waals surface area contributed by atoms with Gasteiger partial charge in [0.2, 0.25) is 0 Å². The van der Waals surface area contributed by atoms with E-state index in [2.05, 4.69) is 82.1 Å². The second kappa shape index (κ2) is 12.0. The molecule has 0 bridgehead atoms. The average molecular weight is 404 g/mol. The number of rotatable bonds is 9. The molecule has 1 aliphatic rings. The molecule has 1 fully saturated rings. The van der Waals surface area contributed by atoms with E-state index in [-0.39, 0.29) is 0 Å². The molecule has 0 saturated carbocycles. The number of nitrogens with one attached hydrogen (secondary N) is 2. The number of piperazine rings is 1. The highest BCUT2D eigenvalue weighted by Gasteiger charge is 2.17. The van der Waals surface area contributed by atoms with Crippen molar-refractivity contribution >= 4 is 11.8 Å². The normalized spacial score (nSPS) is 16.2. The van der Waals surface area contributed by atoms with Crippen molar-refractivity contribution in [1.82, 2.24) is 25.4 Å². The molecule has 29 heavy (non-hydrogen) atoms. The van der Waals surface area contributed by atoms with Gasteiger partial charge in [-0.25, -0.2) is 4.98 Å². The monoisotopic (exact) mass is 403 g/mol. The fourth-order valence-electron chi connectivity index (χ4n) is 3.86. The summed E-state index contributed by atoms with van der Waals surface area (Å²) in [5.41, 5.74) is 1.22. The molecule has 164 valence electrons. The number of hydrogen-bond donors (Lipinski definition) is 2. The number of nitrogens with zero attached hydrogens (tertiary/aromatic N) is 5. The summed E-state index contributed by atoms with van der Waals surface area (Å²) >= 11 is 0. The Morgan fingerprint density at radius 1 is 1.14 bits per heavy atom. The molecule has 0 spiro atoms. The minimum Gasteiger partial charge on any atom is -0.355 e. The Hall–Kier alpha value is -1.86. The molecule has 1 aliphatic heterocycles. The molecule has 0 aromatic carbocycles. The lowest BCUT2D eigenvalue weighted by Crippen LogP contribution is -2.46. The number of hydrogen-bond acceptors (Lipinski definition) is 5. The van der Waals surface area contributed by atoms with E-state index in [1.54, 1.807) is 0 Å². The van der Waals surface area contributed by atoms with Crippen molar-refractivity contribution < 1.29 is 0 Å². The van der Waals surface area contributed by atoms with Crippen LogP contribution in [0.1, 0.15) is 40.2 Å². The molecule has 0 aliphatic carbocycles. The third-order valence-electron chi connectivity index (χ3n) is 5.63. The summed E-state index contributed by atoms with van der Waals surface area (Å²) < 4.78 is 0. The Balaban J connectivity index is 1.82. The largest absolute Gasteiger partial charge is 0.355 e. The van der Waals surface area contributed by atoms with Crippen molar-refractivity contribution in [2.24, 2.45) is 4.99 Å². The van der Waals surface area contributed by atoms with Crippen molar-refractivity contribution in [1.29, 1.82) is 0 Å². The second-order valence-electron chi connectivity index (χ2n) is 8.22. The van der Waals surface area contributed by atoms with Gasteiger partial charge in [-0.2, -0.15) is 0 Å². The SMILES string of the molecule is CCN1CCN(c2cc(CNC(=NC)NCCN(C(C)C)C(C)C)ccn2)CC1. The maximum absolute atomic E-state index is 4.59. The predicted octanol–water partition coefficient (Wildman–Crippen LogP) is 2.01. The summed E-state index contributed by atoms with van der Waals surface area (Å²) in [6, 6.07) is 5.36. The molecule has 0 radical (unpaired) electrons. The Bertz CT molecular complexity index is 613. The topological polar surface area (TPSA) is 59.0 Å². The predicted molar refractivity (Wildman–Crippen MR) is 124 cm³/mol. The molecular formula is C22H41N7. The van der Waals surface area contributed by atoms with Gasteiger partial charge in [0.25, 0.3) is 0 Å². The van der Waals surface area contributed by atoms with E-state index >= 15 is 0 Å². The van der Waals surface area contributed by atoms with Crippen molar-refractivity contribution in [3.63, 3.8) is 0 Å². The highest BCUT2D eigenvalue weighted by atomic mass is 15.3. The van der Waals surface area contributed by atoms with Gasteiger partial charge in [-0.1, -0.05) is 6.92 Å². The molecule has 2 heterocycles. The van der Waals surface area contributed by atoms with Gasteiger partial charge < -0.3 is 20.4 Å². The van der Waals surface area contributed by atoms with Gasteiger partial charge in [-0.05, 0) is 51.9 Å². The van der Waals surface area contributed by atoms with Crippen LogP contribution >= 0.6 is 0 Å². The quantitative estimate of drug-likeness (QED) is 0.486. The molecule has 1 aromatic rings. The molecule has 1 aromatic heterocycles. The van der Waals surface area contributed by atoms with Gasteiger partial charge >= 0.3 is 0 Å². The van der Waals surface area contributed by atoms with Crippen molar-refractivity contribution in [2.45, 2.75) is 53.2 Å². The minimum absolute atomic E-state index is 0.543. The molecule has 0 atom stereocenters. The van der Waals surface area contributed by atoms with Crippen LogP contribution < -0.4 is 15.5 Å². The van der Waals surface area contributed by atoms with Crippen molar-refractivity contribution in [3.05, 3.63) is 23.9 Å². The van der Waals surface area contributed by atoms with Crippen LogP contribution in [0, 0.1) is 0 Å². The number of aromatic nitrogens is 1. The lowest BCUT2D eigenvalue weighted by Gasteiger charge is -2.34. The smallest absolute Gasteiger partial charge is 0.191 e. The van der Waals surface area contributed by atoms with Crippen LogP contribution in [0.4, 0.5) is 5.82 Å². The average Bonchev–Trinajstić information content (AvgIpc) is 2.73. The Morgan fingerprint density at radius 2 is 1.83 bits per heavy atom. The molecule has 1 saturated heterocycles. The molecular weight excluding hydrogens is 362 g/mol. The van der Waals surface area contributed by atoms with Crippen molar-refractivity contribution in [3.8, 4) is 0 Å². The molecule has 0 unspecified atom stereocenters. The number of anilines is 1. The van der Waals surface area contributed by atoms with Gasteiger partial charge in [0.05, 0.1) is 0 Å². The van der Waals surface area contributed by atoms with Crippen LogP contribution in [0.15, 0.2) is 23.3 Å². The highest BCUT2D eigenvalue weighted by molar-refractivity contribution is 5.79. The van der Waals surface area contributed by atoms with Gasteiger partial charge in [-0.15, -0.1) is 0 Å². The van der Waals surface area contributed by atoms with Gasteiger partial charge in [0.1, 0.15) is 5.82 Å².